The van der Waals surface area contributed by atoms with Gasteiger partial charge in [0, 0.05) is 10.0 Å². The van der Waals surface area contributed by atoms with Crippen molar-refractivity contribution in [3.05, 3.63) is 75.9 Å². The molecule has 0 aliphatic carbocycles. The van der Waals surface area contributed by atoms with E-state index in [0.29, 0.717) is 11.1 Å². The molecule has 0 aliphatic rings. The number of carbonyl (C=O) groups excluding carboxylic acids is 2. The monoisotopic (exact) mass is 444 g/mol. The fourth-order valence-corrected chi connectivity index (χ4v) is 2.67. The van der Waals surface area contributed by atoms with Crippen LogP contribution < -0.4 is 10.6 Å². The molecule has 0 unspecified atom stereocenters. The zero-order valence-electron chi connectivity index (χ0n) is 15.5. The molecule has 0 saturated carbocycles. The van der Waals surface area contributed by atoms with Crippen LogP contribution in [0.4, 0.5) is 0 Å². The fourth-order valence-electron chi connectivity index (χ4n) is 2.40. The molecule has 7 heteroatoms. The first-order valence-corrected chi connectivity index (χ1v) is 9.44. The van der Waals surface area contributed by atoms with E-state index in [1.807, 2.05) is 6.07 Å². The lowest BCUT2D eigenvalue weighted by molar-refractivity contribution is -0.142. The van der Waals surface area contributed by atoms with Crippen LogP contribution in [-0.2, 0) is 9.59 Å². The van der Waals surface area contributed by atoms with Crippen molar-refractivity contribution in [2.45, 2.75) is 19.9 Å². The zero-order chi connectivity index (χ0) is 20.7. The van der Waals surface area contributed by atoms with Gasteiger partial charge in [-0.15, -0.1) is 0 Å². The molecule has 0 radical (unpaired) electrons. The maximum Gasteiger partial charge on any atom is 0.326 e. The molecule has 146 valence electrons. The highest BCUT2D eigenvalue weighted by Crippen LogP contribution is 2.12. The van der Waals surface area contributed by atoms with E-state index >= 15 is 0 Å². The largest absolute Gasteiger partial charge is 0.480 e. The number of aliphatic carboxylic acids is 1. The molecule has 2 aromatic rings. The molecule has 0 fully saturated rings. The molecule has 3 N–H and O–H groups in total. The first kappa shape index (κ1) is 21.4. The van der Waals surface area contributed by atoms with E-state index in [2.05, 4.69) is 26.6 Å². The molecule has 6 nitrogen and oxygen atoms in total. The maximum atomic E-state index is 12.7. The van der Waals surface area contributed by atoms with Crippen molar-refractivity contribution >= 4 is 39.8 Å². The summed E-state index contributed by atoms with van der Waals surface area (Å²) in [4.78, 5) is 36.7. The van der Waals surface area contributed by atoms with Gasteiger partial charge >= 0.3 is 5.97 Å². The van der Waals surface area contributed by atoms with E-state index in [1.54, 1.807) is 62.4 Å². The molecule has 2 aromatic carbocycles. The van der Waals surface area contributed by atoms with Gasteiger partial charge in [0.25, 0.3) is 11.8 Å². The Kier molecular flexibility index (Phi) is 7.52. The Morgan fingerprint density at radius 2 is 1.61 bits per heavy atom. The molecular formula is C21H21BrN2O4. The van der Waals surface area contributed by atoms with E-state index in [9.17, 15) is 19.5 Å². The van der Waals surface area contributed by atoms with Gasteiger partial charge in [-0.2, -0.15) is 0 Å². The summed E-state index contributed by atoms with van der Waals surface area (Å²) in [5.74, 6) is -2.60. The number of amides is 2. The lowest BCUT2D eigenvalue weighted by Gasteiger charge is -2.19. The van der Waals surface area contributed by atoms with Crippen molar-refractivity contribution in [1.82, 2.24) is 10.6 Å². The van der Waals surface area contributed by atoms with Crippen molar-refractivity contribution in [2.24, 2.45) is 5.92 Å². The topological polar surface area (TPSA) is 95.5 Å². The van der Waals surface area contributed by atoms with E-state index in [-0.39, 0.29) is 11.6 Å². The second-order valence-electron chi connectivity index (χ2n) is 6.46. The molecule has 0 spiro atoms. The minimum atomic E-state index is -1.14. The van der Waals surface area contributed by atoms with E-state index in [0.717, 1.165) is 4.47 Å². The fraction of sp³-hybridized carbons (Fsp3) is 0.190. The standard InChI is InChI=1S/C21H21BrN2O4/c1-13(2)18(21(27)28)24-20(26)17(12-14-6-4-3-5-7-14)23-19(25)15-8-10-16(22)11-9-15/h3-13,18H,1-2H3,(H,23,25)(H,24,26)(H,27,28)/b17-12+/t18-/m0/s1. The van der Waals surface area contributed by atoms with Crippen LogP contribution in [0, 0.1) is 5.92 Å². The number of rotatable bonds is 7. The maximum absolute atomic E-state index is 12.7. The first-order chi connectivity index (χ1) is 13.3. The van der Waals surface area contributed by atoms with Crippen molar-refractivity contribution in [2.75, 3.05) is 0 Å². The van der Waals surface area contributed by atoms with Crippen LogP contribution in [0.2, 0.25) is 0 Å². The quantitative estimate of drug-likeness (QED) is 0.569. The minimum Gasteiger partial charge on any atom is -0.480 e. The molecule has 0 aromatic heterocycles. The summed E-state index contributed by atoms with van der Waals surface area (Å²) in [6.07, 6.45) is 1.51. The lowest BCUT2D eigenvalue weighted by atomic mass is 10.0. The second-order valence-corrected chi connectivity index (χ2v) is 7.38. The van der Waals surface area contributed by atoms with E-state index in [4.69, 9.17) is 0 Å². The van der Waals surface area contributed by atoms with Crippen molar-refractivity contribution in [3.63, 3.8) is 0 Å². The number of hydrogen-bond donors (Lipinski definition) is 3. The number of nitrogens with one attached hydrogen (secondary N) is 2. The average Bonchev–Trinajstić information content (AvgIpc) is 2.66. The van der Waals surface area contributed by atoms with Gasteiger partial charge in [0.05, 0.1) is 0 Å². The summed E-state index contributed by atoms with van der Waals surface area (Å²) in [5.41, 5.74) is 1.03. The van der Waals surface area contributed by atoms with Gasteiger partial charge in [0.1, 0.15) is 11.7 Å². The molecule has 0 heterocycles. The molecule has 28 heavy (non-hydrogen) atoms. The predicted octanol–water partition coefficient (Wildman–Crippen LogP) is 3.45. The Morgan fingerprint density at radius 1 is 1.00 bits per heavy atom. The van der Waals surface area contributed by atoms with Crippen LogP contribution in [0.1, 0.15) is 29.8 Å². The van der Waals surface area contributed by atoms with E-state index < -0.39 is 23.8 Å². The first-order valence-electron chi connectivity index (χ1n) is 8.65. The Hall–Kier alpha value is -2.93. The molecule has 1 atom stereocenters. The van der Waals surface area contributed by atoms with Gasteiger partial charge < -0.3 is 15.7 Å². The highest BCUT2D eigenvalue weighted by Gasteiger charge is 2.25. The van der Waals surface area contributed by atoms with Gasteiger partial charge in [-0.3, -0.25) is 9.59 Å². The number of halogens is 1. The van der Waals surface area contributed by atoms with Gasteiger partial charge in [-0.25, -0.2) is 4.79 Å². The third kappa shape index (κ3) is 6.06. The second kappa shape index (κ2) is 9.85. The minimum absolute atomic E-state index is 0.0361. The van der Waals surface area contributed by atoms with Crippen LogP contribution >= 0.6 is 15.9 Å². The van der Waals surface area contributed by atoms with Crippen LogP contribution in [0.15, 0.2) is 64.8 Å². The SMILES string of the molecule is CC(C)[C@H](NC(=O)/C(=C\c1ccccc1)NC(=O)c1ccc(Br)cc1)C(=O)O. The molecule has 2 rings (SSSR count). The Morgan fingerprint density at radius 3 is 2.14 bits per heavy atom. The third-order valence-corrected chi connectivity index (χ3v) is 4.46. The number of carbonyl (C=O) groups is 3. The summed E-state index contributed by atoms with van der Waals surface area (Å²) in [6.45, 7) is 3.39. The van der Waals surface area contributed by atoms with Gasteiger partial charge in [0.15, 0.2) is 0 Å². The third-order valence-electron chi connectivity index (χ3n) is 3.93. The normalized spacial score (nSPS) is 12.4. The number of hydrogen-bond acceptors (Lipinski definition) is 3. The average molecular weight is 445 g/mol. The van der Waals surface area contributed by atoms with Crippen molar-refractivity contribution in [1.29, 1.82) is 0 Å². The number of carboxylic acid groups (broad SMARTS) is 1. The summed E-state index contributed by atoms with van der Waals surface area (Å²) >= 11 is 3.30. The van der Waals surface area contributed by atoms with Gasteiger partial charge in [-0.05, 0) is 41.8 Å². The van der Waals surface area contributed by atoms with Crippen LogP contribution in [0.25, 0.3) is 6.08 Å². The molecular weight excluding hydrogens is 424 g/mol. The lowest BCUT2D eigenvalue weighted by Crippen LogP contribution is -2.47. The Labute approximate surface area is 171 Å². The van der Waals surface area contributed by atoms with Crippen LogP contribution in [-0.4, -0.2) is 28.9 Å². The summed E-state index contributed by atoms with van der Waals surface area (Å²) < 4.78 is 0.822. The van der Waals surface area contributed by atoms with Gasteiger partial charge in [0.2, 0.25) is 0 Å². The predicted molar refractivity (Wildman–Crippen MR) is 110 cm³/mol. The van der Waals surface area contributed by atoms with E-state index in [1.165, 1.54) is 6.08 Å². The highest BCUT2D eigenvalue weighted by atomic mass is 79.9. The smallest absolute Gasteiger partial charge is 0.326 e. The zero-order valence-corrected chi connectivity index (χ0v) is 17.1. The van der Waals surface area contributed by atoms with Crippen molar-refractivity contribution < 1.29 is 19.5 Å². The Bertz CT molecular complexity index is 877. The molecule has 0 bridgehead atoms. The summed E-state index contributed by atoms with van der Waals surface area (Å²) in [7, 11) is 0. The summed E-state index contributed by atoms with van der Waals surface area (Å²) in [6, 6.07) is 14.6. The molecule has 2 amide bonds. The highest BCUT2D eigenvalue weighted by molar-refractivity contribution is 9.10. The summed E-state index contributed by atoms with van der Waals surface area (Å²) in [5, 5.41) is 14.4. The number of benzene rings is 2. The molecule has 0 aliphatic heterocycles. The number of carboxylic acids is 1. The van der Waals surface area contributed by atoms with Crippen LogP contribution in [0.5, 0.6) is 0 Å². The van der Waals surface area contributed by atoms with Gasteiger partial charge in [-0.1, -0.05) is 60.1 Å². The molecule has 0 saturated heterocycles. The Balaban J connectivity index is 2.30. The van der Waals surface area contributed by atoms with Crippen LogP contribution in [0.3, 0.4) is 0 Å². The van der Waals surface area contributed by atoms with Crippen molar-refractivity contribution in [3.8, 4) is 0 Å².